The molecule has 0 bridgehead atoms. The Labute approximate surface area is 220 Å². The van der Waals surface area contributed by atoms with Crippen LogP contribution < -0.4 is 5.32 Å². The van der Waals surface area contributed by atoms with Crippen LogP contribution in [0.15, 0.2) is 42.9 Å². The SMILES string of the molecule is CC(=O)N1CCC(n2cc(Nc3ncc4c(n3)-c3c(nn(C)c3Cc3cccc(Cl)c3)CC4)cn2)CC1. The number of hydrogen-bond donors (Lipinski definition) is 1. The first kappa shape index (κ1) is 23.7. The van der Waals surface area contributed by atoms with Gasteiger partial charge in [0.2, 0.25) is 11.9 Å². The third-order valence-corrected chi connectivity index (χ3v) is 7.61. The molecule has 1 fully saturated rings. The Balaban J connectivity index is 1.24. The zero-order valence-electron chi connectivity index (χ0n) is 21.0. The van der Waals surface area contributed by atoms with Crippen LogP contribution in [0.2, 0.25) is 5.02 Å². The van der Waals surface area contributed by atoms with E-state index in [1.807, 2.05) is 51.9 Å². The molecule has 4 heterocycles. The molecule has 0 atom stereocenters. The summed E-state index contributed by atoms with van der Waals surface area (Å²) >= 11 is 6.24. The average Bonchev–Trinajstić information content (AvgIpc) is 3.48. The van der Waals surface area contributed by atoms with Crippen LogP contribution in [0, 0.1) is 0 Å². The van der Waals surface area contributed by atoms with E-state index in [1.54, 1.807) is 13.1 Å². The van der Waals surface area contributed by atoms with Crippen molar-refractivity contribution in [3.8, 4) is 11.3 Å². The maximum atomic E-state index is 11.6. The molecule has 1 aliphatic carbocycles. The van der Waals surface area contributed by atoms with Gasteiger partial charge in [-0.25, -0.2) is 9.97 Å². The summed E-state index contributed by atoms with van der Waals surface area (Å²) < 4.78 is 3.96. The van der Waals surface area contributed by atoms with Gasteiger partial charge in [-0.1, -0.05) is 23.7 Å². The first-order chi connectivity index (χ1) is 17.9. The highest BCUT2D eigenvalue weighted by molar-refractivity contribution is 6.30. The minimum atomic E-state index is 0.137. The van der Waals surface area contributed by atoms with Gasteiger partial charge in [0.1, 0.15) is 0 Å². The van der Waals surface area contributed by atoms with E-state index in [0.717, 1.165) is 89.7 Å². The van der Waals surface area contributed by atoms with E-state index in [2.05, 4.69) is 21.5 Å². The molecule has 9 nitrogen and oxygen atoms in total. The van der Waals surface area contributed by atoms with Crippen LogP contribution in [-0.2, 0) is 31.1 Å². The zero-order chi connectivity index (χ0) is 25.5. The van der Waals surface area contributed by atoms with Crippen LogP contribution in [0.3, 0.4) is 0 Å². The number of aromatic nitrogens is 6. The largest absolute Gasteiger partial charge is 0.343 e. The van der Waals surface area contributed by atoms with Gasteiger partial charge in [0.05, 0.1) is 35.0 Å². The first-order valence-corrected chi connectivity index (χ1v) is 13.0. The number of carbonyl (C=O) groups is 1. The lowest BCUT2D eigenvalue weighted by Crippen LogP contribution is -2.37. The van der Waals surface area contributed by atoms with Crippen molar-refractivity contribution in [1.29, 1.82) is 0 Å². The fraction of sp³-hybridized carbons (Fsp3) is 0.370. The highest BCUT2D eigenvalue weighted by Gasteiger charge is 2.27. The second-order valence-electron chi connectivity index (χ2n) is 9.84. The van der Waals surface area contributed by atoms with Gasteiger partial charge < -0.3 is 10.2 Å². The van der Waals surface area contributed by atoms with Crippen LogP contribution in [0.25, 0.3) is 11.3 Å². The van der Waals surface area contributed by atoms with Gasteiger partial charge in [-0.15, -0.1) is 0 Å². The molecular formula is C27H29ClN8O. The molecule has 1 aliphatic heterocycles. The predicted molar refractivity (Wildman–Crippen MR) is 142 cm³/mol. The van der Waals surface area contributed by atoms with E-state index < -0.39 is 0 Å². The van der Waals surface area contributed by atoms with Crippen molar-refractivity contribution in [2.45, 2.75) is 45.1 Å². The lowest BCUT2D eigenvalue weighted by atomic mass is 9.91. The fourth-order valence-electron chi connectivity index (χ4n) is 5.41. The Morgan fingerprint density at radius 2 is 2.03 bits per heavy atom. The summed E-state index contributed by atoms with van der Waals surface area (Å²) in [6.07, 6.45) is 9.98. The number of halogens is 1. The number of fused-ring (bicyclic) bond motifs is 3. The Kier molecular flexibility index (Phi) is 6.16. The van der Waals surface area contributed by atoms with Crippen LogP contribution in [0.4, 0.5) is 11.6 Å². The highest BCUT2D eigenvalue weighted by Crippen LogP contribution is 2.36. The van der Waals surface area contributed by atoms with Gasteiger partial charge in [-0.05, 0) is 48.9 Å². The summed E-state index contributed by atoms with van der Waals surface area (Å²) in [5.41, 5.74) is 7.34. The molecule has 4 aromatic rings. The third kappa shape index (κ3) is 4.71. The van der Waals surface area contributed by atoms with Crippen LogP contribution in [0.1, 0.15) is 48.3 Å². The molecule has 3 aromatic heterocycles. The number of nitrogens with one attached hydrogen (secondary N) is 1. The quantitative estimate of drug-likeness (QED) is 0.424. The van der Waals surface area contributed by atoms with E-state index in [-0.39, 0.29) is 11.9 Å². The molecule has 1 amide bonds. The summed E-state index contributed by atoms with van der Waals surface area (Å²) in [7, 11) is 1.99. The van der Waals surface area contributed by atoms with E-state index in [1.165, 1.54) is 0 Å². The highest BCUT2D eigenvalue weighted by atomic mass is 35.5. The van der Waals surface area contributed by atoms with Gasteiger partial charge >= 0.3 is 0 Å². The molecule has 190 valence electrons. The normalized spacial score (nSPS) is 15.4. The number of carbonyl (C=O) groups excluding carboxylic acids is 1. The second kappa shape index (κ2) is 9.63. The van der Waals surface area contributed by atoms with Crippen molar-refractivity contribution < 1.29 is 4.79 Å². The van der Waals surface area contributed by atoms with Crippen LogP contribution >= 0.6 is 11.6 Å². The van der Waals surface area contributed by atoms with Gasteiger partial charge in [-0.2, -0.15) is 10.2 Å². The standard InChI is InChI=1S/C27H29ClN8O/c1-17(37)35-10-8-22(9-11-35)36-16-21(15-30-36)31-27-29-14-19-6-7-23-25(26(19)32-27)24(34(2)33-23)13-18-4-3-5-20(28)12-18/h3-5,12,14-16,22H,6-11,13H2,1-2H3,(H,29,31,32). The maximum absolute atomic E-state index is 11.6. The first-order valence-electron chi connectivity index (χ1n) is 12.7. The molecule has 1 aromatic carbocycles. The monoisotopic (exact) mass is 516 g/mol. The van der Waals surface area contributed by atoms with Crippen molar-refractivity contribution >= 4 is 29.1 Å². The molecule has 0 saturated carbocycles. The van der Waals surface area contributed by atoms with Gasteiger partial charge in [0.15, 0.2) is 0 Å². The molecule has 0 radical (unpaired) electrons. The molecular weight excluding hydrogens is 488 g/mol. The lowest BCUT2D eigenvalue weighted by molar-refractivity contribution is -0.130. The molecule has 1 N–H and O–H groups in total. The van der Waals surface area contributed by atoms with Crippen molar-refractivity contribution in [1.82, 2.24) is 34.4 Å². The molecule has 6 rings (SSSR count). The zero-order valence-corrected chi connectivity index (χ0v) is 21.7. The predicted octanol–water partition coefficient (Wildman–Crippen LogP) is 4.34. The molecule has 0 spiro atoms. The van der Waals surface area contributed by atoms with Gasteiger partial charge in [0, 0.05) is 56.5 Å². The van der Waals surface area contributed by atoms with Crippen molar-refractivity contribution in [3.63, 3.8) is 0 Å². The summed E-state index contributed by atoms with van der Waals surface area (Å²) in [6, 6.07) is 8.23. The number of hydrogen-bond acceptors (Lipinski definition) is 6. The summed E-state index contributed by atoms with van der Waals surface area (Å²) in [6.45, 7) is 3.16. The summed E-state index contributed by atoms with van der Waals surface area (Å²) in [5, 5.41) is 13.5. The van der Waals surface area contributed by atoms with Gasteiger partial charge in [-0.3, -0.25) is 14.2 Å². The number of piperidine rings is 1. The Bertz CT molecular complexity index is 1470. The lowest BCUT2D eigenvalue weighted by Gasteiger charge is -2.31. The number of amides is 1. The van der Waals surface area contributed by atoms with Gasteiger partial charge in [0.25, 0.3) is 0 Å². The molecule has 1 saturated heterocycles. The Morgan fingerprint density at radius 3 is 2.81 bits per heavy atom. The Morgan fingerprint density at radius 1 is 1.19 bits per heavy atom. The fourth-order valence-corrected chi connectivity index (χ4v) is 5.62. The molecule has 0 unspecified atom stereocenters. The van der Waals surface area contributed by atoms with Crippen LogP contribution in [-0.4, -0.2) is 53.4 Å². The minimum Gasteiger partial charge on any atom is -0.343 e. The van der Waals surface area contributed by atoms with Crippen LogP contribution in [0.5, 0.6) is 0 Å². The number of aryl methyl sites for hydroxylation is 3. The third-order valence-electron chi connectivity index (χ3n) is 7.37. The number of nitrogens with zero attached hydrogens (tertiary/aromatic N) is 7. The van der Waals surface area contributed by atoms with Crippen molar-refractivity contribution in [3.05, 3.63) is 70.4 Å². The minimum absolute atomic E-state index is 0.137. The average molecular weight is 517 g/mol. The summed E-state index contributed by atoms with van der Waals surface area (Å²) in [4.78, 5) is 23.1. The smallest absolute Gasteiger partial charge is 0.227 e. The number of likely N-dealkylation sites (tertiary alicyclic amines) is 1. The summed E-state index contributed by atoms with van der Waals surface area (Å²) in [5.74, 6) is 0.674. The van der Waals surface area contributed by atoms with Crippen molar-refractivity contribution in [2.75, 3.05) is 18.4 Å². The maximum Gasteiger partial charge on any atom is 0.227 e. The van der Waals surface area contributed by atoms with E-state index in [0.29, 0.717) is 5.95 Å². The second-order valence-corrected chi connectivity index (χ2v) is 10.3. The number of anilines is 2. The molecule has 37 heavy (non-hydrogen) atoms. The number of benzene rings is 1. The van der Waals surface area contributed by atoms with Crippen molar-refractivity contribution in [2.24, 2.45) is 7.05 Å². The van der Waals surface area contributed by atoms with E-state index >= 15 is 0 Å². The molecule has 10 heteroatoms. The van der Waals surface area contributed by atoms with E-state index in [9.17, 15) is 4.79 Å². The Hall–Kier alpha value is -3.72. The number of rotatable bonds is 5. The topological polar surface area (TPSA) is 93.8 Å². The molecule has 2 aliphatic rings. The van der Waals surface area contributed by atoms with E-state index in [4.69, 9.17) is 21.7 Å².